The third kappa shape index (κ3) is 12.2. The molecular weight excluding hydrogens is 797 g/mol. The summed E-state index contributed by atoms with van der Waals surface area (Å²) in [6, 6.07) is 18.4. The number of benzene rings is 4. The Morgan fingerprint density at radius 1 is 0.476 bits per heavy atom. The van der Waals surface area contributed by atoms with E-state index in [0.717, 1.165) is 11.1 Å². The van der Waals surface area contributed by atoms with Crippen LogP contribution >= 0.6 is 0 Å². The lowest BCUT2D eigenvalue weighted by Crippen LogP contribution is -2.21. The van der Waals surface area contributed by atoms with Crippen molar-refractivity contribution in [1.82, 2.24) is 0 Å². The lowest BCUT2D eigenvalue weighted by atomic mass is 9.77. The molecule has 4 N–H and O–H groups in total. The highest BCUT2D eigenvalue weighted by Gasteiger charge is 2.32. The molecule has 0 bridgehead atoms. The van der Waals surface area contributed by atoms with Crippen LogP contribution in [0.1, 0.15) is 155 Å². The minimum absolute atomic E-state index is 0.0465. The van der Waals surface area contributed by atoms with Gasteiger partial charge in [0.15, 0.2) is 0 Å². The van der Waals surface area contributed by atoms with Gasteiger partial charge in [-0.2, -0.15) is 0 Å². The summed E-state index contributed by atoms with van der Waals surface area (Å²) in [5, 5.41) is 44.3. The highest BCUT2D eigenvalue weighted by atomic mass is 16.7. The SMILES string of the molecule is CC(OC(=O)/C=C/c1cc(C(C)(C)C)c(O)c(C(C)(C)C)c1O)Oc1ccc(C(C)(C)c2ccc(OC(C)OC(=O)/C=C/c3cc(C(C)(C)C)c(O)c(C(C)(C)C)c3O)cc2)cc1. The first-order valence-electron chi connectivity index (χ1n) is 21.3. The molecule has 0 amide bonds. The van der Waals surface area contributed by atoms with Crippen LogP contribution in [0, 0.1) is 0 Å². The van der Waals surface area contributed by atoms with Crippen LogP contribution in [0.15, 0.2) is 72.8 Å². The monoisotopic (exact) mass is 864 g/mol. The van der Waals surface area contributed by atoms with E-state index in [1.54, 1.807) is 26.0 Å². The van der Waals surface area contributed by atoms with Crippen LogP contribution in [0.2, 0.25) is 0 Å². The average molecular weight is 865 g/mol. The van der Waals surface area contributed by atoms with Gasteiger partial charge in [-0.1, -0.05) is 121 Å². The predicted octanol–water partition coefficient (Wildman–Crippen LogP) is 12.0. The lowest BCUT2D eigenvalue weighted by Gasteiger charge is -2.29. The normalized spacial score (nSPS) is 13.8. The van der Waals surface area contributed by atoms with E-state index in [-0.39, 0.29) is 23.0 Å². The summed E-state index contributed by atoms with van der Waals surface area (Å²) < 4.78 is 22.8. The highest BCUT2D eigenvalue weighted by Crippen LogP contribution is 2.47. The fraction of sp³-hybridized carbons (Fsp3) is 0.434. The number of hydrogen-bond acceptors (Lipinski definition) is 10. The minimum atomic E-state index is -0.911. The summed E-state index contributed by atoms with van der Waals surface area (Å²) in [5.41, 5.74) is 2.60. The van der Waals surface area contributed by atoms with E-state index in [4.69, 9.17) is 18.9 Å². The van der Waals surface area contributed by atoms with Crippen molar-refractivity contribution in [3.05, 3.63) is 117 Å². The van der Waals surface area contributed by atoms with E-state index in [1.807, 2.05) is 132 Å². The van der Waals surface area contributed by atoms with Crippen molar-refractivity contribution in [2.24, 2.45) is 0 Å². The number of rotatable bonds is 12. The van der Waals surface area contributed by atoms with Gasteiger partial charge in [-0.25, -0.2) is 9.59 Å². The third-order valence-corrected chi connectivity index (χ3v) is 10.8. The maximum Gasteiger partial charge on any atom is 0.333 e. The Morgan fingerprint density at radius 2 is 0.778 bits per heavy atom. The second-order valence-electron chi connectivity index (χ2n) is 20.8. The van der Waals surface area contributed by atoms with Crippen molar-refractivity contribution in [2.45, 2.75) is 150 Å². The molecule has 0 heterocycles. The molecule has 0 spiro atoms. The van der Waals surface area contributed by atoms with Gasteiger partial charge in [0, 0.05) is 64.8 Å². The smallest absolute Gasteiger partial charge is 0.333 e. The van der Waals surface area contributed by atoms with Crippen molar-refractivity contribution in [3.8, 4) is 34.5 Å². The van der Waals surface area contributed by atoms with Gasteiger partial charge in [0.2, 0.25) is 12.6 Å². The van der Waals surface area contributed by atoms with Gasteiger partial charge in [0.1, 0.15) is 34.5 Å². The summed E-state index contributed by atoms with van der Waals surface area (Å²) in [6.07, 6.45) is 3.61. The zero-order valence-corrected chi connectivity index (χ0v) is 40.0. The summed E-state index contributed by atoms with van der Waals surface area (Å²) in [7, 11) is 0. The average Bonchev–Trinajstić information content (AvgIpc) is 3.12. The molecule has 0 saturated heterocycles. The Kier molecular flexibility index (Phi) is 14.6. The molecule has 63 heavy (non-hydrogen) atoms. The van der Waals surface area contributed by atoms with E-state index in [2.05, 4.69) is 13.8 Å². The molecule has 340 valence electrons. The fourth-order valence-corrected chi connectivity index (χ4v) is 7.40. The molecule has 0 fully saturated rings. The number of esters is 2. The number of carbonyl (C=O) groups is 2. The molecule has 0 aromatic heterocycles. The fourth-order valence-electron chi connectivity index (χ4n) is 7.40. The van der Waals surface area contributed by atoms with Gasteiger partial charge < -0.3 is 39.4 Å². The van der Waals surface area contributed by atoms with Crippen LogP contribution in [0.3, 0.4) is 0 Å². The molecule has 0 radical (unpaired) electrons. The van der Waals surface area contributed by atoms with Gasteiger partial charge in [-0.05, 0) is 81.3 Å². The van der Waals surface area contributed by atoms with Gasteiger partial charge in [-0.3, -0.25) is 0 Å². The quantitative estimate of drug-likeness (QED) is 0.0615. The van der Waals surface area contributed by atoms with Gasteiger partial charge in [0.05, 0.1) is 0 Å². The first-order valence-corrected chi connectivity index (χ1v) is 21.3. The molecule has 0 saturated carbocycles. The zero-order valence-electron chi connectivity index (χ0n) is 40.0. The molecule has 2 unspecified atom stereocenters. The first kappa shape index (κ1) is 49.8. The van der Waals surface area contributed by atoms with Crippen LogP contribution in [-0.4, -0.2) is 44.9 Å². The van der Waals surface area contributed by atoms with Crippen LogP contribution < -0.4 is 9.47 Å². The van der Waals surface area contributed by atoms with E-state index in [0.29, 0.717) is 44.9 Å². The molecule has 2 atom stereocenters. The van der Waals surface area contributed by atoms with Crippen LogP contribution in [0.25, 0.3) is 12.2 Å². The second-order valence-corrected chi connectivity index (χ2v) is 20.8. The van der Waals surface area contributed by atoms with Crippen molar-refractivity contribution in [1.29, 1.82) is 0 Å². The number of phenols is 4. The van der Waals surface area contributed by atoms with Gasteiger partial charge in [0.25, 0.3) is 0 Å². The summed E-state index contributed by atoms with van der Waals surface area (Å²) in [6.45, 7) is 30.7. The first-order chi connectivity index (χ1) is 28.8. The number of aromatic hydroxyl groups is 4. The zero-order chi connectivity index (χ0) is 47.6. The van der Waals surface area contributed by atoms with E-state index in [9.17, 15) is 30.0 Å². The molecule has 0 aliphatic rings. The van der Waals surface area contributed by atoms with E-state index < -0.39 is 51.6 Å². The Balaban J connectivity index is 1.36. The highest BCUT2D eigenvalue weighted by molar-refractivity contribution is 5.89. The summed E-state index contributed by atoms with van der Waals surface area (Å²) >= 11 is 0. The van der Waals surface area contributed by atoms with Crippen molar-refractivity contribution >= 4 is 24.1 Å². The Labute approximate surface area is 374 Å². The van der Waals surface area contributed by atoms with E-state index >= 15 is 0 Å². The molecule has 4 aromatic rings. The minimum Gasteiger partial charge on any atom is -0.507 e. The van der Waals surface area contributed by atoms with Gasteiger partial charge in [-0.15, -0.1) is 0 Å². The molecular formula is C53H68O10. The number of carbonyl (C=O) groups excluding carboxylic acids is 2. The van der Waals surface area contributed by atoms with Crippen LogP contribution in [-0.2, 0) is 46.1 Å². The number of ether oxygens (including phenoxy) is 4. The Hall–Kier alpha value is -5.90. The van der Waals surface area contributed by atoms with Crippen molar-refractivity contribution in [3.63, 3.8) is 0 Å². The standard InChI is InChI=1S/C53H68O10/c1-31(62-41(54)27-17-33-29-39(49(3,4)5)47(58)43(45(33)56)51(9,10)11)60-37-23-19-35(20-24-37)53(15,16)36-21-25-38(26-22-36)61-32(2)63-42(55)28-18-34-30-40(50(6,7)8)48(59)44(46(34)57)52(12,13)14/h17-32,56-59H,1-16H3/b27-17+,28-18+. The van der Waals surface area contributed by atoms with E-state index in [1.165, 1.54) is 24.3 Å². The maximum atomic E-state index is 12.8. The molecule has 10 heteroatoms. The topological polar surface area (TPSA) is 152 Å². The molecule has 10 nitrogen and oxygen atoms in total. The number of phenolic OH excluding ortho intramolecular Hbond substituents is 4. The molecule has 0 aliphatic carbocycles. The van der Waals surface area contributed by atoms with Crippen LogP contribution in [0.4, 0.5) is 0 Å². The van der Waals surface area contributed by atoms with Crippen molar-refractivity contribution in [2.75, 3.05) is 0 Å². The Morgan fingerprint density at radius 3 is 1.05 bits per heavy atom. The third-order valence-electron chi connectivity index (χ3n) is 10.8. The largest absolute Gasteiger partial charge is 0.507 e. The predicted molar refractivity (Wildman–Crippen MR) is 250 cm³/mol. The molecule has 4 rings (SSSR count). The maximum absolute atomic E-state index is 12.8. The molecule has 4 aromatic carbocycles. The van der Waals surface area contributed by atoms with Crippen molar-refractivity contribution < 1.29 is 49.0 Å². The Bertz CT molecular complexity index is 2170. The second kappa shape index (κ2) is 18.4. The summed E-state index contributed by atoms with van der Waals surface area (Å²) in [5.74, 6) is -0.392. The van der Waals surface area contributed by atoms with Gasteiger partial charge >= 0.3 is 11.9 Å². The lowest BCUT2D eigenvalue weighted by molar-refractivity contribution is -0.156. The number of hydrogen-bond donors (Lipinski definition) is 4. The van der Waals surface area contributed by atoms with Crippen LogP contribution in [0.5, 0.6) is 34.5 Å². The summed E-state index contributed by atoms with van der Waals surface area (Å²) in [4.78, 5) is 25.7. The molecule has 0 aliphatic heterocycles.